The number of carbonyl (C=O) groups is 1. The van der Waals surface area contributed by atoms with Crippen LogP contribution in [0.5, 0.6) is 5.75 Å². The summed E-state index contributed by atoms with van der Waals surface area (Å²) in [6, 6.07) is 11.1. The van der Waals surface area contributed by atoms with Gasteiger partial charge in [0.1, 0.15) is 6.61 Å². The number of nitrogens with one attached hydrogen (secondary N) is 1. The molecule has 0 fully saturated rings. The van der Waals surface area contributed by atoms with Crippen molar-refractivity contribution >= 4 is 26.8 Å². The zero-order valence-corrected chi connectivity index (χ0v) is 21.3. The molecule has 10 heteroatoms. The topological polar surface area (TPSA) is 95.2 Å². The first-order valence-corrected chi connectivity index (χ1v) is 13.2. The molecular weight excluding hydrogens is 483 g/mol. The molecule has 0 unspecified atom stereocenters. The van der Waals surface area contributed by atoms with Gasteiger partial charge in [0, 0.05) is 37.3 Å². The maximum absolute atomic E-state index is 15.1. The lowest BCUT2D eigenvalue weighted by Gasteiger charge is -2.10. The van der Waals surface area contributed by atoms with Crippen molar-refractivity contribution in [2.24, 2.45) is 0 Å². The van der Waals surface area contributed by atoms with Crippen molar-refractivity contribution in [1.82, 2.24) is 19.1 Å². The van der Waals surface area contributed by atoms with Gasteiger partial charge in [-0.05, 0) is 49.6 Å². The van der Waals surface area contributed by atoms with E-state index >= 15 is 4.39 Å². The van der Waals surface area contributed by atoms with E-state index < -0.39 is 15.8 Å². The summed E-state index contributed by atoms with van der Waals surface area (Å²) in [6.45, 7) is 6.24. The minimum atomic E-state index is -3.98. The average Bonchev–Trinajstić information content (AvgIpc) is 3.44. The molecule has 8 nitrogen and oxygen atoms in total. The number of aryl methyl sites for hydroxylation is 2. The van der Waals surface area contributed by atoms with Gasteiger partial charge in [-0.25, -0.2) is 16.8 Å². The van der Waals surface area contributed by atoms with E-state index in [9.17, 15) is 13.2 Å². The van der Waals surface area contributed by atoms with Gasteiger partial charge in [-0.15, -0.1) is 0 Å². The third-order valence-electron chi connectivity index (χ3n) is 5.89. The molecule has 2 heterocycles. The Kier molecular flexibility index (Phi) is 7.44. The highest BCUT2D eigenvalue weighted by Gasteiger charge is 2.23. The van der Waals surface area contributed by atoms with Crippen molar-refractivity contribution in [3.8, 4) is 5.75 Å². The van der Waals surface area contributed by atoms with E-state index in [4.69, 9.17) is 4.74 Å². The maximum Gasteiger partial charge on any atom is 0.268 e. The van der Waals surface area contributed by atoms with Crippen LogP contribution < -0.4 is 10.1 Å². The quantitative estimate of drug-likeness (QED) is 0.348. The first kappa shape index (κ1) is 25.4. The normalized spacial score (nSPS) is 11.7. The Balaban J connectivity index is 1.68. The van der Waals surface area contributed by atoms with Gasteiger partial charge in [-0.1, -0.05) is 24.6 Å². The van der Waals surface area contributed by atoms with E-state index in [1.54, 1.807) is 16.8 Å². The summed E-state index contributed by atoms with van der Waals surface area (Å²) in [5, 5.41) is 7.66. The molecule has 1 N–H and O–H groups in total. The molecule has 0 atom stereocenters. The zero-order chi connectivity index (χ0) is 25.9. The van der Waals surface area contributed by atoms with Crippen LogP contribution >= 0.6 is 0 Å². The number of fused-ring (bicyclic) bond motifs is 1. The molecule has 0 spiro atoms. The number of aromatic nitrogens is 3. The molecule has 0 radical (unpaired) electrons. The van der Waals surface area contributed by atoms with E-state index in [0.717, 1.165) is 21.7 Å². The summed E-state index contributed by atoms with van der Waals surface area (Å²) in [7, 11) is -3.98. The van der Waals surface area contributed by atoms with Gasteiger partial charge in [-0.3, -0.25) is 9.48 Å². The Morgan fingerprint density at radius 1 is 1.17 bits per heavy atom. The van der Waals surface area contributed by atoms with Crippen LogP contribution in [0, 0.1) is 12.7 Å². The highest BCUT2D eigenvalue weighted by atomic mass is 32.2. The molecule has 1 amide bonds. The standard InChI is InChI=1S/C26H29FN4O4S/c1-4-21-10-12-30(29-21)13-14-35-26-15-23-20(9-11-28-19(3)32)17-31(25(23)16-24(26)27)36(33,34)22-7-5-18(2)6-8-22/h5-8,10,12,15-17H,4,9,11,13-14H2,1-3H3,(H,28,32). The van der Waals surface area contributed by atoms with Gasteiger partial charge in [0.25, 0.3) is 10.0 Å². The van der Waals surface area contributed by atoms with Gasteiger partial charge in [0.15, 0.2) is 11.6 Å². The highest BCUT2D eigenvalue weighted by Crippen LogP contribution is 2.32. The summed E-state index contributed by atoms with van der Waals surface area (Å²) >= 11 is 0. The van der Waals surface area contributed by atoms with Crippen LogP contribution in [-0.2, 0) is 34.2 Å². The maximum atomic E-state index is 15.1. The molecule has 0 saturated heterocycles. The molecule has 0 aliphatic heterocycles. The SMILES string of the molecule is CCc1ccn(CCOc2cc3c(CCNC(C)=O)cn(S(=O)(=O)c4ccc(C)cc4)c3cc2F)n1. The number of nitrogens with zero attached hydrogens (tertiary/aromatic N) is 3. The molecule has 0 saturated carbocycles. The lowest BCUT2D eigenvalue weighted by atomic mass is 10.1. The number of halogens is 1. The van der Waals surface area contributed by atoms with Gasteiger partial charge >= 0.3 is 0 Å². The third kappa shape index (κ3) is 5.43. The van der Waals surface area contributed by atoms with E-state index in [0.29, 0.717) is 30.5 Å². The summed E-state index contributed by atoms with van der Waals surface area (Å²) in [5.74, 6) is -0.827. The highest BCUT2D eigenvalue weighted by molar-refractivity contribution is 7.90. The minimum absolute atomic E-state index is 0.0247. The summed E-state index contributed by atoms with van der Waals surface area (Å²) in [6.07, 6.45) is 4.52. The van der Waals surface area contributed by atoms with Gasteiger partial charge in [-0.2, -0.15) is 5.10 Å². The van der Waals surface area contributed by atoms with E-state index in [-0.39, 0.29) is 28.7 Å². The first-order chi connectivity index (χ1) is 17.2. The van der Waals surface area contributed by atoms with Crippen molar-refractivity contribution in [2.45, 2.75) is 45.1 Å². The molecule has 0 aliphatic carbocycles. The molecule has 4 aromatic rings. The summed E-state index contributed by atoms with van der Waals surface area (Å²) in [4.78, 5) is 11.4. The molecule has 0 bridgehead atoms. The predicted octanol–water partition coefficient (Wildman–Crippen LogP) is 3.84. The fourth-order valence-corrected chi connectivity index (χ4v) is 5.32. The largest absolute Gasteiger partial charge is 0.489 e. The van der Waals surface area contributed by atoms with Crippen molar-refractivity contribution in [3.63, 3.8) is 0 Å². The third-order valence-corrected chi connectivity index (χ3v) is 7.58. The van der Waals surface area contributed by atoms with Crippen LogP contribution in [0.3, 0.4) is 0 Å². The number of ether oxygens (including phenoxy) is 1. The monoisotopic (exact) mass is 512 g/mol. The Bertz CT molecular complexity index is 1490. The number of amides is 1. The Labute approximate surface area is 209 Å². The van der Waals surface area contributed by atoms with Crippen LogP contribution in [-0.4, -0.2) is 41.2 Å². The minimum Gasteiger partial charge on any atom is -0.489 e. The zero-order valence-electron chi connectivity index (χ0n) is 20.5. The molecule has 2 aromatic carbocycles. The van der Waals surface area contributed by atoms with Crippen LogP contribution in [0.4, 0.5) is 4.39 Å². The van der Waals surface area contributed by atoms with Gasteiger partial charge in [0.05, 0.1) is 22.7 Å². The van der Waals surface area contributed by atoms with Crippen LogP contribution in [0.1, 0.15) is 30.7 Å². The fourth-order valence-electron chi connectivity index (χ4n) is 3.93. The number of rotatable bonds is 10. The second-order valence-corrected chi connectivity index (χ2v) is 10.4. The van der Waals surface area contributed by atoms with Crippen molar-refractivity contribution in [1.29, 1.82) is 0 Å². The van der Waals surface area contributed by atoms with Crippen molar-refractivity contribution in [2.75, 3.05) is 13.2 Å². The molecular formula is C26H29FN4O4S. The fraction of sp³-hybridized carbons (Fsp3) is 0.308. The molecule has 190 valence electrons. The van der Waals surface area contributed by atoms with Crippen molar-refractivity contribution in [3.05, 3.63) is 77.5 Å². The Morgan fingerprint density at radius 2 is 1.92 bits per heavy atom. The molecule has 2 aromatic heterocycles. The van der Waals surface area contributed by atoms with Gasteiger partial charge < -0.3 is 10.1 Å². The van der Waals surface area contributed by atoms with Crippen LogP contribution in [0.25, 0.3) is 10.9 Å². The van der Waals surface area contributed by atoms with Crippen LogP contribution in [0.2, 0.25) is 0 Å². The van der Waals surface area contributed by atoms with Gasteiger partial charge in [0.2, 0.25) is 5.91 Å². The predicted molar refractivity (Wildman–Crippen MR) is 135 cm³/mol. The second-order valence-electron chi connectivity index (χ2n) is 8.57. The van der Waals surface area contributed by atoms with Crippen molar-refractivity contribution < 1.29 is 22.3 Å². The molecule has 0 aliphatic rings. The summed E-state index contributed by atoms with van der Waals surface area (Å²) < 4.78 is 50.5. The first-order valence-electron chi connectivity index (χ1n) is 11.7. The lowest BCUT2D eigenvalue weighted by molar-refractivity contribution is -0.118. The van der Waals surface area contributed by atoms with E-state index in [2.05, 4.69) is 10.4 Å². The average molecular weight is 513 g/mol. The molecule has 36 heavy (non-hydrogen) atoms. The Hall–Kier alpha value is -3.66. The van der Waals surface area contributed by atoms with E-state index in [1.165, 1.54) is 37.4 Å². The molecule has 4 rings (SSSR count). The lowest BCUT2D eigenvalue weighted by Crippen LogP contribution is -2.22. The number of hydrogen-bond acceptors (Lipinski definition) is 5. The number of carbonyl (C=O) groups excluding carboxylic acids is 1. The van der Waals surface area contributed by atoms with E-state index in [1.807, 2.05) is 26.1 Å². The second kappa shape index (κ2) is 10.5. The summed E-state index contributed by atoms with van der Waals surface area (Å²) in [5.41, 5.74) is 2.75. The smallest absolute Gasteiger partial charge is 0.268 e. The Morgan fingerprint density at radius 3 is 2.58 bits per heavy atom. The number of hydrogen-bond donors (Lipinski definition) is 1. The number of benzene rings is 2. The van der Waals surface area contributed by atoms with Crippen LogP contribution in [0.15, 0.2) is 59.8 Å².